The van der Waals surface area contributed by atoms with Crippen LogP contribution < -0.4 is 0 Å². The van der Waals surface area contributed by atoms with Crippen LogP contribution in [-0.2, 0) is 0 Å². The van der Waals surface area contributed by atoms with E-state index in [2.05, 4.69) is 24.1 Å². The molecule has 3 atom stereocenters. The molecule has 0 N–H and O–H groups in total. The first-order valence-electron chi connectivity index (χ1n) is 5.46. The van der Waals surface area contributed by atoms with Gasteiger partial charge in [-0.3, -0.25) is 0 Å². The van der Waals surface area contributed by atoms with Gasteiger partial charge in [-0.15, -0.1) is 0 Å². The molecule has 1 saturated carbocycles. The van der Waals surface area contributed by atoms with Crippen LogP contribution in [0.3, 0.4) is 0 Å². The van der Waals surface area contributed by atoms with E-state index in [4.69, 9.17) is 0 Å². The monoisotopic (exact) mass is 181 g/mol. The molecule has 69 valence electrons. The van der Waals surface area contributed by atoms with E-state index in [1.54, 1.807) is 0 Å². The lowest BCUT2D eigenvalue weighted by molar-refractivity contribution is 0.266. The summed E-state index contributed by atoms with van der Waals surface area (Å²) in [7, 11) is 3.90. The molecular formula is C11H21Si. The molecule has 0 heterocycles. The molecule has 0 aromatic rings. The van der Waals surface area contributed by atoms with Gasteiger partial charge in [0, 0.05) is 10.2 Å². The van der Waals surface area contributed by atoms with Crippen molar-refractivity contribution in [2.75, 3.05) is 0 Å². The van der Waals surface area contributed by atoms with Crippen LogP contribution in [0, 0.1) is 11.8 Å². The zero-order chi connectivity index (χ0) is 8.97. The van der Waals surface area contributed by atoms with Crippen molar-refractivity contribution in [3.8, 4) is 0 Å². The van der Waals surface area contributed by atoms with Crippen molar-refractivity contribution in [2.45, 2.75) is 57.9 Å². The molecule has 1 rings (SSSR count). The van der Waals surface area contributed by atoms with Gasteiger partial charge in [0.05, 0.1) is 0 Å². The Hall–Kier alpha value is 0.217. The molecule has 0 amide bonds. The van der Waals surface area contributed by atoms with Crippen molar-refractivity contribution in [1.82, 2.24) is 0 Å². The third-order valence-corrected chi connectivity index (χ3v) is 4.32. The number of hydrogen-bond donors (Lipinski definition) is 0. The van der Waals surface area contributed by atoms with Crippen molar-refractivity contribution in [1.29, 1.82) is 0 Å². The lowest BCUT2D eigenvalue weighted by atomic mass is 9.79. The van der Waals surface area contributed by atoms with Crippen molar-refractivity contribution in [3.63, 3.8) is 0 Å². The molecule has 0 saturated heterocycles. The van der Waals surface area contributed by atoms with Gasteiger partial charge in [0.25, 0.3) is 0 Å². The third kappa shape index (κ3) is 2.62. The van der Waals surface area contributed by atoms with Crippen LogP contribution >= 0.6 is 0 Å². The van der Waals surface area contributed by atoms with Crippen LogP contribution in [0.25, 0.3) is 0 Å². The smallest absolute Gasteiger partial charge is 0.0273 e. The van der Waals surface area contributed by atoms with E-state index in [0.29, 0.717) is 0 Å². The quantitative estimate of drug-likeness (QED) is 0.584. The zero-order valence-electron chi connectivity index (χ0n) is 8.47. The summed E-state index contributed by atoms with van der Waals surface area (Å²) < 4.78 is 0. The van der Waals surface area contributed by atoms with Gasteiger partial charge in [0.2, 0.25) is 0 Å². The minimum absolute atomic E-state index is 0.797. The first-order valence-corrected chi connectivity index (χ1v) is 6.04. The molecule has 0 nitrogen and oxygen atoms in total. The van der Waals surface area contributed by atoms with Crippen LogP contribution in [0.15, 0.2) is 0 Å². The number of hydrogen-bond acceptors (Lipinski definition) is 0. The molecular weight excluding hydrogens is 160 g/mol. The molecule has 0 aromatic heterocycles. The van der Waals surface area contributed by atoms with Crippen molar-refractivity contribution >= 4 is 10.2 Å². The van der Waals surface area contributed by atoms with Gasteiger partial charge in [0.1, 0.15) is 0 Å². The molecule has 0 aliphatic heterocycles. The Kier molecular flexibility index (Phi) is 4.34. The van der Waals surface area contributed by atoms with Crippen LogP contribution in [0.2, 0.25) is 5.54 Å². The minimum atomic E-state index is 0.797. The second kappa shape index (κ2) is 5.06. The SMILES string of the molecule is CCCCC1CCCC(C)C1[Si]. The van der Waals surface area contributed by atoms with Gasteiger partial charge in [-0.25, -0.2) is 0 Å². The van der Waals surface area contributed by atoms with E-state index in [0.717, 1.165) is 17.4 Å². The lowest BCUT2D eigenvalue weighted by Crippen LogP contribution is -2.21. The van der Waals surface area contributed by atoms with Crippen molar-refractivity contribution in [3.05, 3.63) is 0 Å². The van der Waals surface area contributed by atoms with E-state index < -0.39 is 0 Å². The van der Waals surface area contributed by atoms with Crippen molar-refractivity contribution < 1.29 is 0 Å². The lowest BCUT2D eigenvalue weighted by Gasteiger charge is -2.34. The van der Waals surface area contributed by atoms with Crippen LogP contribution in [-0.4, -0.2) is 10.2 Å². The molecule has 1 aliphatic carbocycles. The summed E-state index contributed by atoms with van der Waals surface area (Å²) in [6.07, 6.45) is 8.54. The van der Waals surface area contributed by atoms with Crippen LogP contribution in [0.5, 0.6) is 0 Å². The molecule has 0 aromatic carbocycles. The standard InChI is InChI=1S/C11H21Si/c1-3-4-7-10-8-5-6-9(2)11(10)12/h9-11H,3-8H2,1-2H3. The van der Waals surface area contributed by atoms with Crippen LogP contribution in [0.4, 0.5) is 0 Å². The van der Waals surface area contributed by atoms with Crippen molar-refractivity contribution in [2.24, 2.45) is 11.8 Å². The first kappa shape index (κ1) is 10.3. The highest BCUT2D eigenvalue weighted by Crippen LogP contribution is 2.39. The fourth-order valence-electron chi connectivity index (χ4n) is 2.32. The summed E-state index contributed by atoms with van der Waals surface area (Å²) in [6, 6.07) is 0. The molecule has 1 aliphatic rings. The first-order chi connectivity index (χ1) is 5.75. The van der Waals surface area contributed by atoms with Gasteiger partial charge < -0.3 is 0 Å². The Morgan fingerprint density at radius 3 is 2.75 bits per heavy atom. The topological polar surface area (TPSA) is 0 Å². The Labute approximate surface area is 80.6 Å². The Bertz CT molecular complexity index is 122. The van der Waals surface area contributed by atoms with E-state index in [-0.39, 0.29) is 0 Å². The highest BCUT2D eigenvalue weighted by atomic mass is 28.1. The molecule has 12 heavy (non-hydrogen) atoms. The third-order valence-electron chi connectivity index (χ3n) is 3.28. The fraction of sp³-hybridized carbons (Fsp3) is 1.00. The summed E-state index contributed by atoms with van der Waals surface area (Å²) in [5.41, 5.74) is 0.797. The molecule has 0 bridgehead atoms. The zero-order valence-corrected chi connectivity index (χ0v) is 9.47. The molecule has 3 radical (unpaired) electrons. The van der Waals surface area contributed by atoms with Gasteiger partial charge in [0.15, 0.2) is 0 Å². The Balaban J connectivity index is 2.30. The molecule has 1 heteroatoms. The summed E-state index contributed by atoms with van der Waals surface area (Å²) in [4.78, 5) is 0. The largest absolute Gasteiger partial charge is 0.0654 e. The minimum Gasteiger partial charge on any atom is -0.0654 e. The highest BCUT2D eigenvalue weighted by molar-refractivity contribution is 6.12. The predicted octanol–water partition coefficient (Wildman–Crippen LogP) is 3.57. The van der Waals surface area contributed by atoms with Crippen LogP contribution in [0.1, 0.15) is 52.4 Å². The predicted molar refractivity (Wildman–Crippen MR) is 55.5 cm³/mol. The summed E-state index contributed by atoms with van der Waals surface area (Å²) in [5, 5.41) is 0. The molecule has 0 spiro atoms. The number of rotatable bonds is 3. The van der Waals surface area contributed by atoms with Gasteiger partial charge >= 0.3 is 0 Å². The Morgan fingerprint density at radius 2 is 2.08 bits per heavy atom. The average Bonchev–Trinajstić information content (AvgIpc) is 2.08. The molecule has 1 fully saturated rings. The fourth-order valence-corrected chi connectivity index (χ4v) is 2.82. The average molecular weight is 181 g/mol. The summed E-state index contributed by atoms with van der Waals surface area (Å²) >= 11 is 0. The van der Waals surface area contributed by atoms with Gasteiger partial charge in [-0.05, 0) is 17.4 Å². The summed E-state index contributed by atoms with van der Waals surface area (Å²) in [6.45, 7) is 4.67. The number of unbranched alkanes of at least 4 members (excludes halogenated alkanes) is 1. The maximum atomic E-state index is 3.90. The van der Waals surface area contributed by atoms with E-state index in [1.807, 2.05) is 0 Å². The molecule has 3 unspecified atom stereocenters. The van der Waals surface area contributed by atoms with E-state index >= 15 is 0 Å². The second-order valence-electron chi connectivity index (χ2n) is 4.34. The highest BCUT2D eigenvalue weighted by Gasteiger charge is 2.25. The maximum absolute atomic E-state index is 3.90. The van der Waals surface area contributed by atoms with Gasteiger partial charge in [-0.1, -0.05) is 52.4 Å². The summed E-state index contributed by atoms with van der Waals surface area (Å²) in [5.74, 6) is 1.86. The normalized spacial score (nSPS) is 36.8. The van der Waals surface area contributed by atoms with E-state index in [1.165, 1.54) is 38.5 Å². The maximum Gasteiger partial charge on any atom is 0.0273 e. The Morgan fingerprint density at radius 1 is 1.33 bits per heavy atom. The van der Waals surface area contributed by atoms with Gasteiger partial charge in [-0.2, -0.15) is 0 Å². The van der Waals surface area contributed by atoms with E-state index in [9.17, 15) is 0 Å². The second-order valence-corrected chi connectivity index (χ2v) is 5.00.